The number of benzene rings is 1. The van der Waals surface area contributed by atoms with Gasteiger partial charge in [-0.25, -0.2) is 18.3 Å². The van der Waals surface area contributed by atoms with Gasteiger partial charge in [-0.1, -0.05) is 12.1 Å². The highest BCUT2D eigenvalue weighted by Gasteiger charge is 2.41. The zero-order valence-electron chi connectivity index (χ0n) is 22.9. The number of amides is 2. The van der Waals surface area contributed by atoms with E-state index in [-0.39, 0.29) is 17.4 Å². The van der Waals surface area contributed by atoms with Gasteiger partial charge in [0, 0.05) is 51.3 Å². The van der Waals surface area contributed by atoms with Gasteiger partial charge < -0.3 is 19.4 Å². The molecule has 10 heteroatoms. The van der Waals surface area contributed by atoms with E-state index in [4.69, 9.17) is 4.74 Å². The minimum Gasteiger partial charge on any atom is -0.444 e. The number of carbonyl (C=O) groups excluding carboxylic acids is 2. The second-order valence-corrected chi connectivity index (χ2v) is 13.1. The number of carbonyl (C=O) groups is 2. The summed E-state index contributed by atoms with van der Waals surface area (Å²) in [4.78, 5) is 31.8. The third-order valence-electron chi connectivity index (χ3n) is 7.57. The van der Waals surface area contributed by atoms with Crippen molar-refractivity contribution in [1.82, 2.24) is 23.9 Å². The van der Waals surface area contributed by atoms with Gasteiger partial charge in [0.25, 0.3) is 5.91 Å². The van der Waals surface area contributed by atoms with Gasteiger partial charge in [0.1, 0.15) is 22.2 Å². The van der Waals surface area contributed by atoms with Crippen LogP contribution in [0.4, 0.5) is 4.79 Å². The van der Waals surface area contributed by atoms with Crippen molar-refractivity contribution in [2.24, 2.45) is 5.41 Å². The molecule has 2 amide bonds. The van der Waals surface area contributed by atoms with Crippen LogP contribution in [0.2, 0.25) is 0 Å². The summed E-state index contributed by atoms with van der Waals surface area (Å²) in [6.07, 6.45) is 8.89. The van der Waals surface area contributed by atoms with E-state index < -0.39 is 16.6 Å². The van der Waals surface area contributed by atoms with Crippen molar-refractivity contribution >= 4 is 28.6 Å². The van der Waals surface area contributed by atoms with E-state index in [1.807, 2.05) is 61.7 Å². The monoisotopic (exact) mass is 551 g/mol. The normalized spacial score (nSPS) is 18.7. The summed E-state index contributed by atoms with van der Waals surface area (Å²) >= 11 is 0. The standard InChI is InChI=1S/C29H37N5O4S/c1-28(2,3)38-27(36)32-16-12-29(13-17-32)11-4-15-34(21-29)39(37)24-8-5-22(6-9-24)19-31-26(35)23-7-10-25-30-14-18-33(25)20-23/h5-10,14,18,20H,4,11-13,15-17,19,21H2,1-3H3,(H,31,35). The van der Waals surface area contributed by atoms with Crippen LogP contribution in [0.1, 0.15) is 62.4 Å². The Balaban J connectivity index is 1.14. The summed E-state index contributed by atoms with van der Waals surface area (Å²) in [6.45, 7) is 8.95. The molecule has 39 heavy (non-hydrogen) atoms. The average molecular weight is 552 g/mol. The zero-order valence-corrected chi connectivity index (χ0v) is 23.7. The SMILES string of the molecule is CC(C)(C)OC(=O)N1CCC2(CCCN(S(=O)c3ccc(CNC(=O)c4ccc5nccn5c4)cc3)C2)CC1. The molecular formula is C29H37N5O4S. The zero-order chi connectivity index (χ0) is 27.6. The molecule has 1 N–H and O–H groups in total. The van der Waals surface area contributed by atoms with E-state index in [1.165, 1.54) is 0 Å². The Hall–Kier alpha value is -3.24. The second-order valence-electron chi connectivity index (χ2n) is 11.6. The predicted molar refractivity (Wildman–Crippen MR) is 149 cm³/mol. The molecule has 0 saturated carbocycles. The quantitative estimate of drug-likeness (QED) is 0.507. The Morgan fingerprint density at radius 3 is 2.51 bits per heavy atom. The van der Waals surface area contributed by atoms with E-state index in [2.05, 4.69) is 14.6 Å². The molecule has 3 aromatic rings. The first-order valence-electron chi connectivity index (χ1n) is 13.6. The minimum atomic E-state index is -1.26. The highest BCUT2D eigenvalue weighted by molar-refractivity contribution is 7.82. The number of piperidine rings is 2. The highest BCUT2D eigenvalue weighted by atomic mass is 32.2. The predicted octanol–water partition coefficient (Wildman–Crippen LogP) is 4.40. The fraction of sp³-hybridized carbons (Fsp3) is 0.483. The van der Waals surface area contributed by atoms with Crippen molar-refractivity contribution in [2.45, 2.75) is 63.5 Å². The smallest absolute Gasteiger partial charge is 0.410 e. The fourth-order valence-electron chi connectivity index (χ4n) is 5.41. The summed E-state index contributed by atoms with van der Waals surface area (Å²) in [5.41, 5.74) is 1.88. The van der Waals surface area contributed by atoms with E-state index in [0.717, 1.165) is 54.9 Å². The van der Waals surface area contributed by atoms with Crippen LogP contribution in [-0.2, 0) is 22.3 Å². The lowest BCUT2D eigenvalue weighted by atomic mass is 9.73. The van der Waals surface area contributed by atoms with E-state index in [9.17, 15) is 13.8 Å². The highest BCUT2D eigenvalue weighted by Crippen LogP contribution is 2.41. The number of likely N-dealkylation sites (tertiary alicyclic amines) is 1. The number of rotatable bonds is 5. The molecule has 9 nitrogen and oxygen atoms in total. The third-order valence-corrected chi connectivity index (χ3v) is 9.02. The third kappa shape index (κ3) is 6.50. The Morgan fingerprint density at radius 2 is 1.79 bits per heavy atom. The molecule has 2 saturated heterocycles. The molecule has 4 heterocycles. The van der Waals surface area contributed by atoms with Gasteiger partial charge in [-0.2, -0.15) is 0 Å². The molecule has 5 rings (SSSR count). The molecule has 0 aliphatic carbocycles. The summed E-state index contributed by atoms with van der Waals surface area (Å²) in [5, 5.41) is 2.95. The van der Waals surface area contributed by atoms with E-state index in [1.54, 1.807) is 23.4 Å². The lowest BCUT2D eigenvalue weighted by Crippen LogP contribution is -2.51. The van der Waals surface area contributed by atoms with Crippen molar-refractivity contribution in [2.75, 3.05) is 26.2 Å². The summed E-state index contributed by atoms with van der Waals surface area (Å²) < 4.78 is 22.9. The summed E-state index contributed by atoms with van der Waals surface area (Å²) in [5.74, 6) is -0.158. The first kappa shape index (κ1) is 27.3. The molecule has 1 atom stereocenters. The van der Waals surface area contributed by atoms with Gasteiger partial charge in [-0.3, -0.25) is 4.79 Å². The second kappa shape index (κ2) is 11.1. The molecule has 2 aliphatic rings. The number of hydrogen-bond donors (Lipinski definition) is 1. The number of hydrogen-bond acceptors (Lipinski definition) is 5. The number of aromatic nitrogens is 2. The molecular weight excluding hydrogens is 514 g/mol. The number of ether oxygens (including phenoxy) is 1. The number of imidazole rings is 1. The Kier molecular flexibility index (Phi) is 7.77. The molecule has 208 valence electrons. The molecule has 1 aromatic carbocycles. The Morgan fingerprint density at radius 1 is 1.05 bits per heavy atom. The maximum Gasteiger partial charge on any atom is 0.410 e. The van der Waals surface area contributed by atoms with Gasteiger partial charge in [0.15, 0.2) is 0 Å². The lowest BCUT2D eigenvalue weighted by Gasteiger charge is -2.47. The van der Waals surface area contributed by atoms with Crippen molar-refractivity contribution < 1.29 is 18.5 Å². The van der Waals surface area contributed by atoms with Gasteiger partial charge >= 0.3 is 6.09 Å². The van der Waals surface area contributed by atoms with Crippen LogP contribution >= 0.6 is 0 Å². The molecule has 2 aromatic heterocycles. The topological polar surface area (TPSA) is 96.2 Å². The van der Waals surface area contributed by atoms with Crippen LogP contribution in [0.3, 0.4) is 0 Å². The van der Waals surface area contributed by atoms with Crippen molar-refractivity contribution in [3.8, 4) is 0 Å². The van der Waals surface area contributed by atoms with Gasteiger partial charge in [-0.05, 0) is 81.7 Å². The fourth-order valence-corrected chi connectivity index (χ4v) is 6.77. The number of nitrogens with one attached hydrogen (secondary N) is 1. The van der Waals surface area contributed by atoms with Gasteiger partial charge in [0.2, 0.25) is 0 Å². The maximum absolute atomic E-state index is 13.5. The van der Waals surface area contributed by atoms with Crippen LogP contribution in [0.15, 0.2) is 59.9 Å². The molecule has 2 aliphatic heterocycles. The Labute approximate surface area is 232 Å². The van der Waals surface area contributed by atoms with Crippen LogP contribution in [-0.4, -0.2) is 66.6 Å². The average Bonchev–Trinajstić information content (AvgIpc) is 3.39. The summed E-state index contributed by atoms with van der Waals surface area (Å²) in [6, 6.07) is 11.2. The van der Waals surface area contributed by atoms with Crippen LogP contribution in [0, 0.1) is 5.41 Å². The van der Waals surface area contributed by atoms with Crippen LogP contribution in [0.25, 0.3) is 5.65 Å². The number of fused-ring (bicyclic) bond motifs is 1. The van der Waals surface area contributed by atoms with Gasteiger partial charge in [0.05, 0.1) is 10.5 Å². The van der Waals surface area contributed by atoms with E-state index in [0.29, 0.717) is 25.2 Å². The van der Waals surface area contributed by atoms with Crippen LogP contribution in [0.5, 0.6) is 0 Å². The molecule has 1 unspecified atom stereocenters. The summed E-state index contributed by atoms with van der Waals surface area (Å²) in [7, 11) is -1.26. The van der Waals surface area contributed by atoms with Crippen LogP contribution < -0.4 is 5.32 Å². The van der Waals surface area contributed by atoms with E-state index >= 15 is 0 Å². The van der Waals surface area contributed by atoms with Crippen molar-refractivity contribution in [3.05, 3.63) is 66.1 Å². The lowest BCUT2D eigenvalue weighted by molar-refractivity contribution is 0.00209. The molecule has 1 spiro atoms. The molecule has 0 radical (unpaired) electrons. The van der Waals surface area contributed by atoms with Crippen molar-refractivity contribution in [1.29, 1.82) is 0 Å². The largest absolute Gasteiger partial charge is 0.444 e. The molecule has 2 fully saturated rings. The Bertz CT molecular complexity index is 1360. The maximum atomic E-state index is 13.5. The number of nitrogens with zero attached hydrogens (tertiary/aromatic N) is 4. The molecule has 0 bridgehead atoms. The first-order chi connectivity index (χ1) is 18.6. The van der Waals surface area contributed by atoms with Gasteiger partial charge in [-0.15, -0.1) is 0 Å². The van der Waals surface area contributed by atoms with Crippen molar-refractivity contribution in [3.63, 3.8) is 0 Å². The number of pyridine rings is 1. The first-order valence-corrected chi connectivity index (χ1v) is 14.7. The minimum absolute atomic E-state index is 0.0797.